The van der Waals surface area contributed by atoms with Crippen molar-refractivity contribution in [2.24, 2.45) is 0 Å². The summed E-state index contributed by atoms with van der Waals surface area (Å²) in [7, 11) is 7.12. The third kappa shape index (κ3) is 6.47. The van der Waals surface area contributed by atoms with Gasteiger partial charge in [-0.05, 0) is 13.3 Å². The van der Waals surface area contributed by atoms with E-state index >= 15 is 0 Å². The van der Waals surface area contributed by atoms with Gasteiger partial charge in [-0.25, -0.2) is 9.97 Å². The number of aliphatic hydroxyl groups excluding tert-OH is 1. The summed E-state index contributed by atoms with van der Waals surface area (Å²) in [6, 6.07) is 0. The number of carbonyl (C=O) groups excluding carboxylic acids is 1. The number of methoxy groups -OCH3 is 2. The number of hydrogen-bond donors (Lipinski definition) is 2. The van der Waals surface area contributed by atoms with Crippen molar-refractivity contribution in [2.45, 2.75) is 25.6 Å². The van der Waals surface area contributed by atoms with Crippen LogP contribution in [0.1, 0.15) is 25.0 Å². The van der Waals surface area contributed by atoms with E-state index in [1.54, 1.807) is 14.2 Å². The molecule has 8 heteroatoms. The summed E-state index contributed by atoms with van der Waals surface area (Å²) >= 11 is 0. The molecule has 0 aliphatic heterocycles. The lowest BCUT2D eigenvalue weighted by Crippen LogP contribution is -2.22. The fraction of sp³-hybridized carbons (Fsp3) is 0.667. The molecule has 0 bridgehead atoms. The van der Waals surface area contributed by atoms with E-state index in [0.717, 1.165) is 17.2 Å². The first-order chi connectivity index (χ1) is 11.0. The van der Waals surface area contributed by atoms with Gasteiger partial charge in [0.1, 0.15) is 24.8 Å². The lowest BCUT2D eigenvalue weighted by atomic mass is 10.1. The van der Waals surface area contributed by atoms with Crippen molar-refractivity contribution in [3.63, 3.8) is 0 Å². The standard InChI is InChI=1S/C14H26N4O3.CH2O/c1-10(20-4)12-13(15-7-6-11(8-19)21-5)16-9-17-14(12)18(2)3;1-2/h9-11,19H,6-8H2,1-5H3,(H,15,16,17);1H2. The highest BCUT2D eigenvalue weighted by Gasteiger charge is 2.19. The molecule has 0 radical (unpaired) electrons. The quantitative estimate of drug-likeness (QED) is 0.689. The first kappa shape index (κ1) is 21.2. The molecule has 0 aliphatic rings. The predicted octanol–water partition coefficient (Wildman–Crippen LogP) is 0.874. The van der Waals surface area contributed by atoms with Gasteiger partial charge in [-0.1, -0.05) is 0 Å². The SMILES string of the molecule is C=O.COC(CO)CCNc1ncnc(N(C)C)c1C(C)OC. The number of hydrogen-bond acceptors (Lipinski definition) is 8. The largest absolute Gasteiger partial charge is 0.394 e. The van der Waals surface area contributed by atoms with Crippen molar-refractivity contribution in [2.75, 3.05) is 51.7 Å². The lowest BCUT2D eigenvalue weighted by Gasteiger charge is -2.22. The minimum Gasteiger partial charge on any atom is -0.394 e. The second-order valence-electron chi connectivity index (χ2n) is 4.99. The van der Waals surface area contributed by atoms with Gasteiger partial charge in [-0.3, -0.25) is 0 Å². The molecule has 23 heavy (non-hydrogen) atoms. The van der Waals surface area contributed by atoms with Gasteiger partial charge >= 0.3 is 0 Å². The van der Waals surface area contributed by atoms with Gasteiger partial charge in [-0.2, -0.15) is 0 Å². The van der Waals surface area contributed by atoms with Gasteiger partial charge in [0.25, 0.3) is 0 Å². The zero-order chi connectivity index (χ0) is 17.8. The zero-order valence-electron chi connectivity index (χ0n) is 14.6. The fourth-order valence-electron chi connectivity index (χ4n) is 2.01. The highest BCUT2D eigenvalue weighted by molar-refractivity contribution is 5.59. The van der Waals surface area contributed by atoms with Crippen LogP contribution in [0.3, 0.4) is 0 Å². The number of ether oxygens (including phenoxy) is 2. The van der Waals surface area contributed by atoms with Crippen LogP contribution in [0, 0.1) is 0 Å². The number of nitrogens with one attached hydrogen (secondary N) is 1. The zero-order valence-corrected chi connectivity index (χ0v) is 14.6. The molecule has 2 N–H and O–H groups in total. The van der Waals surface area contributed by atoms with Crippen molar-refractivity contribution in [3.8, 4) is 0 Å². The van der Waals surface area contributed by atoms with E-state index in [1.807, 2.05) is 32.7 Å². The molecule has 1 heterocycles. The Bertz CT molecular complexity index is 441. The van der Waals surface area contributed by atoms with Crippen LogP contribution in [-0.2, 0) is 14.3 Å². The molecule has 0 saturated heterocycles. The summed E-state index contributed by atoms with van der Waals surface area (Å²) in [4.78, 5) is 18.6. The van der Waals surface area contributed by atoms with Gasteiger partial charge in [0.2, 0.25) is 0 Å². The van der Waals surface area contributed by atoms with E-state index in [4.69, 9.17) is 19.4 Å². The molecule has 1 aromatic rings. The second kappa shape index (κ2) is 11.8. The topological polar surface area (TPSA) is 96.8 Å². The minimum absolute atomic E-state index is 0.00618. The number of aliphatic hydroxyl groups is 1. The van der Waals surface area contributed by atoms with Gasteiger partial charge in [0, 0.05) is 34.9 Å². The number of anilines is 2. The molecule has 8 nitrogen and oxygen atoms in total. The van der Waals surface area contributed by atoms with Crippen molar-refractivity contribution >= 4 is 18.4 Å². The van der Waals surface area contributed by atoms with E-state index in [2.05, 4.69) is 15.3 Å². The molecule has 1 aromatic heterocycles. The Kier molecular flexibility index (Phi) is 10.8. The van der Waals surface area contributed by atoms with Crippen molar-refractivity contribution in [1.82, 2.24) is 9.97 Å². The van der Waals surface area contributed by atoms with E-state index < -0.39 is 0 Å². The van der Waals surface area contributed by atoms with Crippen LogP contribution in [0.2, 0.25) is 0 Å². The Morgan fingerprint density at radius 3 is 2.43 bits per heavy atom. The van der Waals surface area contributed by atoms with E-state index in [1.165, 1.54) is 6.33 Å². The molecule has 0 spiro atoms. The van der Waals surface area contributed by atoms with E-state index in [-0.39, 0.29) is 18.8 Å². The van der Waals surface area contributed by atoms with Crippen molar-refractivity contribution in [1.29, 1.82) is 0 Å². The molecule has 132 valence electrons. The third-order valence-corrected chi connectivity index (χ3v) is 3.34. The van der Waals surface area contributed by atoms with Crippen LogP contribution >= 0.6 is 0 Å². The summed E-state index contributed by atoms with van der Waals surface area (Å²) in [5.74, 6) is 1.57. The maximum absolute atomic E-state index is 9.12. The van der Waals surface area contributed by atoms with Gasteiger partial charge in [0.05, 0.1) is 24.4 Å². The molecular formula is C15H28N4O4. The first-order valence-corrected chi connectivity index (χ1v) is 7.26. The van der Waals surface area contributed by atoms with E-state index in [0.29, 0.717) is 13.0 Å². The summed E-state index contributed by atoms with van der Waals surface area (Å²) < 4.78 is 10.6. The molecule has 0 aliphatic carbocycles. The number of carbonyl (C=O) groups is 1. The van der Waals surface area contributed by atoms with Crippen LogP contribution in [0.25, 0.3) is 0 Å². The second-order valence-corrected chi connectivity index (χ2v) is 4.99. The summed E-state index contributed by atoms with van der Waals surface area (Å²) in [5, 5.41) is 12.4. The van der Waals surface area contributed by atoms with Crippen LogP contribution < -0.4 is 10.2 Å². The summed E-state index contributed by atoms with van der Waals surface area (Å²) in [5.41, 5.74) is 0.919. The van der Waals surface area contributed by atoms with E-state index in [9.17, 15) is 0 Å². The van der Waals surface area contributed by atoms with Crippen molar-refractivity contribution < 1.29 is 19.4 Å². The fourth-order valence-corrected chi connectivity index (χ4v) is 2.01. The molecule has 2 unspecified atom stereocenters. The molecule has 0 aromatic carbocycles. The van der Waals surface area contributed by atoms with Crippen LogP contribution in [0.5, 0.6) is 0 Å². The molecule has 0 saturated carbocycles. The predicted molar refractivity (Wildman–Crippen MR) is 89.9 cm³/mol. The molecule has 0 amide bonds. The maximum atomic E-state index is 9.12. The monoisotopic (exact) mass is 328 g/mol. The van der Waals surface area contributed by atoms with Crippen LogP contribution in [0.15, 0.2) is 6.33 Å². The molecule has 0 fully saturated rings. The minimum atomic E-state index is -0.170. The summed E-state index contributed by atoms with van der Waals surface area (Å²) in [6.07, 6.45) is 1.93. The van der Waals surface area contributed by atoms with Crippen LogP contribution in [-0.4, -0.2) is 69.4 Å². The first-order valence-electron chi connectivity index (χ1n) is 7.26. The van der Waals surface area contributed by atoms with Crippen LogP contribution in [0.4, 0.5) is 11.6 Å². The Labute approximate surface area is 137 Å². The molecular weight excluding hydrogens is 300 g/mol. The Morgan fingerprint density at radius 1 is 1.30 bits per heavy atom. The number of nitrogens with zero attached hydrogens (tertiary/aromatic N) is 3. The normalized spacial score (nSPS) is 12.8. The lowest BCUT2D eigenvalue weighted by molar-refractivity contribution is -0.0979. The third-order valence-electron chi connectivity index (χ3n) is 3.34. The molecule has 2 atom stereocenters. The summed E-state index contributed by atoms with van der Waals surface area (Å²) in [6.45, 7) is 4.61. The average Bonchev–Trinajstić information content (AvgIpc) is 2.59. The molecule has 1 rings (SSSR count). The average molecular weight is 328 g/mol. The Morgan fingerprint density at radius 2 is 1.96 bits per heavy atom. The van der Waals surface area contributed by atoms with Crippen molar-refractivity contribution in [3.05, 3.63) is 11.9 Å². The highest BCUT2D eigenvalue weighted by Crippen LogP contribution is 2.30. The Balaban J connectivity index is 0.00000232. The van der Waals surface area contributed by atoms with Gasteiger partial charge in [-0.15, -0.1) is 0 Å². The Hall–Kier alpha value is -1.77. The van der Waals surface area contributed by atoms with Gasteiger partial charge < -0.3 is 29.6 Å². The number of rotatable bonds is 9. The number of aromatic nitrogens is 2. The van der Waals surface area contributed by atoms with Gasteiger partial charge in [0.15, 0.2) is 0 Å². The maximum Gasteiger partial charge on any atom is 0.139 e. The smallest absolute Gasteiger partial charge is 0.139 e. The highest BCUT2D eigenvalue weighted by atomic mass is 16.5.